The van der Waals surface area contributed by atoms with Crippen LogP contribution in [0.1, 0.15) is 43.0 Å². The summed E-state index contributed by atoms with van der Waals surface area (Å²) in [7, 11) is -4.24. The summed E-state index contributed by atoms with van der Waals surface area (Å²) in [4.78, 5) is 30.2. The topological polar surface area (TPSA) is 96.0 Å². The maximum atomic E-state index is 14.7. The van der Waals surface area contributed by atoms with Gasteiger partial charge in [0.15, 0.2) is 0 Å². The highest BCUT2D eigenvalue weighted by molar-refractivity contribution is 7.92. The van der Waals surface area contributed by atoms with Gasteiger partial charge in [0.05, 0.1) is 17.2 Å². The van der Waals surface area contributed by atoms with Crippen LogP contribution in [-0.4, -0.2) is 50.9 Å². The van der Waals surface area contributed by atoms with E-state index in [0.29, 0.717) is 18.9 Å². The molecule has 0 saturated heterocycles. The number of aryl methyl sites for hydroxylation is 2. The Morgan fingerprint density at radius 1 is 0.787 bits per heavy atom. The van der Waals surface area contributed by atoms with Crippen molar-refractivity contribution < 1.29 is 22.7 Å². The van der Waals surface area contributed by atoms with Gasteiger partial charge in [-0.25, -0.2) is 8.42 Å². The number of hydrogen-bond donors (Lipinski definition) is 1. The molecular formula is C38H45N3O5S. The number of para-hydroxylation sites is 2. The molecule has 0 saturated carbocycles. The summed E-state index contributed by atoms with van der Waals surface area (Å²) in [6.07, 6.45) is 0.253. The first-order valence-corrected chi connectivity index (χ1v) is 17.4. The smallest absolute Gasteiger partial charge is 0.264 e. The molecule has 0 fully saturated rings. The number of hydrogen-bond acceptors (Lipinski definition) is 5. The summed E-state index contributed by atoms with van der Waals surface area (Å²) >= 11 is 0. The summed E-state index contributed by atoms with van der Waals surface area (Å²) in [5, 5.41) is 3.02. The van der Waals surface area contributed by atoms with Crippen molar-refractivity contribution in [2.24, 2.45) is 5.92 Å². The first-order chi connectivity index (χ1) is 22.5. The molecule has 0 aliphatic rings. The lowest BCUT2D eigenvalue weighted by Crippen LogP contribution is -2.53. The monoisotopic (exact) mass is 655 g/mol. The molecule has 1 atom stereocenters. The molecule has 2 amide bonds. The predicted octanol–water partition coefficient (Wildman–Crippen LogP) is 6.31. The van der Waals surface area contributed by atoms with Crippen LogP contribution in [0.3, 0.4) is 0 Å². The SMILES string of the molecule is CCOc1ccccc1N(CC(=O)N(Cc1ccc(C)cc1)C(Cc1ccccc1)C(=O)NCC(C)C)S(=O)(=O)c1ccc(C)cc1. The van der Waals surface area contributed by atoms with Crippen molar-refractivity contribution in [1.29, 1.82) is 0 Å². The second kappa shape index (κ2) is 16.3. The number of nitrogens with one attached hydrogen (secondary N) is 1. The van der Waals surface area contributed by atoms with Crippen LogP contribution in [0.15, 0.2) is 108 Å². The fourth-order valence-electron chi connectivity index (χ4n) is 5.16. The van der Waals surface area contributed by atoms with Crippen LogP contribution in [-0.2, 0) is 32.6 Å². The third-order valence-corrected chi connectivity index (χ3v) is 9.52. The van der Waals surface area contributed by atoms with Gasteiger partial charge in [0.1, 0.15) is 18.3 Å². The number of anilines is 1. The lowest BCUT2D eigenvalue weighted by atomic mass is 10.0. The number of rotatable bonds is 15. The van der Waals surface area contributed by atoms with E-state index in [0.717, 1.165) is 26.6 Å². The number of carbonyl (C=O) groups is 2. The molecule has 0 heterocycles. The Balaban J connectivity index is 1.83. The Kier molecular flexibility index (Phi) is 12.2. The molecule has 4 rings (SSSR count). The maximum absolute atomic E-state index is 14.7. The summed E-state index contributed by atoms with van der Waals surface area (Å²) in [5.74, 6) is -0.291. The van der Waals surface area contributed by atoms with Gasteiger partial charge in [-0.05, 0) is 62.1 Å². The Morgan fingerprint density at radius 2 is 1.38 bits per heavy atom. The Labute approximate surface area is 279 Å². The zero-order valence-electron chi connectivity index (χ0n) is 27.8. The van der Waals surface area contributed by atoms with E-state index in [-0.39, 0.29) is 35.4 Å². The standard InChI is InChI=1S/C38H45N3O5S/c1-6-46-36-15-11-10-14-34(36)41(47(44,45)33-22-18-30(5)19-23-33)27-37(42)40(26-32-20-16-29(4)17-21-32)35(38(43)39-25-28(2)3)24-31-12-8-7-9-13-31/h7-23,28,35H,6,24-27H2,1-5H3,(H,39,43). The molecule has 0 spiro atoms. The van der Waals surface area contributed by atoms with Crippen LogP contribution in [0.4, 0.5) is 5.69 Å². The van der Waals surface area contributed by atoms with Gasteiger partial charge >= 0.3 is 0 Å². The van der Waals surface area contributed by atoms with E-state index in [2.05, 4.69) is 5.32 Å². The molecule has 0 aromatic heterocycles. The molecule has 0 bridgehead atoms. The van der Waals surface area contributed by atoms with Crippen LogP contribution < -0.4 is 14.4 Å². The lowest BCUT2D eigenvalue weighted by molar-refractivity contribution is -0.140. The molecule has 9 heteroatoms. The van der Waals surface area contributed by atoms with E-state index >= 15 is 0 Å². The molecule has 1 N–H and O–H groups in total. The minimum atomic E-state index is -4.24. The minimum Gasteiger partial charge on any atom is -0.492 e. The summed E-state index contributed by atoms with van der Waals surface area (Å²) < 4.78 is 35.6. The van der Waals surface area contributed by atoms with Crippen molar-refractivity contribution in [2.75, 3.05) is 24.0 Å². The summed E-state index contributed by atoms with van der Waals surface area (Å²) in [6.45, 7) is 9.98. The fourth-order valence-corrected chi connectivity index (χ4v) is 6.58. The lowest BCUT2D eigenvalue weighted by Gasteiger charge is -2.34. The van der Waals surface area contributed by atoms with Crippen molar-refractivity contribution in [3.63, 3.8) is 0 Å². The quantitative estimate of drug-likeness (QED) is 0.162. The van der Waals surface area contributed by atoms with E-state index in [4.69, 9.17) is 4.74 Å². The zero-order valence-corrected chi connectivity index (χ0v) is 28.7. The predicted molar refractivity (Wildman–Crippen MR) is 187 cm³/mol. The van der Waals surface area contributed by atoms with Crippen molar-refractivity contribution in [3.05, 3.63) is 125 Å². The van der Waals surface area contributed by atoms with Crippen molar-refractivity contribution in [2.45, 2.75) is 58.5 Å². The Morgan fingerprint density at radius 3 is 2.00 bits per heavy atom. The molecule has 0 aliphatic carbocycles. The van der Waals surface area contributed by atoms with E-state index in [1.165, 1.54) is 17.0 Å². The highest BCUT2D eigenvalue weighted by Gasteiger charge is 2.35. The van der Waals surface area contributed by atoms with Crippen LogP contribution >= 0.6 is 0 Å². The number of ether oxygens (including phenoxy) is 1. The fraction of sp³-hybridized carbons (Fsp3) is 0.316. The second-order valence-corrected chi connectivity index (χ2v) is 13.9. The van der Waals surface area contributed by atoms with E-state index in [9.17, 15) is 18.0 Å². The normalized spacial score (nSPS) is 12.0. The largest absolute Gasteiger partial charge is 0.492 e. The maximum Gasteiger partial charge on any atom is 0.264 e. The molecule has 248 valence electrons. The molecular weight excluding hydrogens is 611 g/mol. The summed E-state index contributed by atoms with van der Waals surface area (Å²) in [5.41, 5.74) is 3.90. The number of sulfonamides is 1. The van der Waals surface area contributed by atoms with E-state index < -0.39 is 28.5 Å². The number of amides is 2. The molecule has 47 heavy (non-hydrogen) atoms. The molecule has 1 unspecified atom stereocenters. The minimum absolute atomic E-state index is 0.0443. The van der Waals surface area contributed by atoms with Gasteiger partial charge < -0.3 is 15.0 Å². The van der Waals surface area contributed by atoms with Gasteiger partial charge in [0.25, 0.3) is 10.0 Å². The van der Waals surface area contributed by atoms with Gasteiger partial charge in [-0.2, -0.15) is 0 Å². The zero-order chi connectivity index (χ0) is 34.0. The number of benzene rings is 4. The average Bonchev–Trinajstić information content (AvgIpc) is 3.06. The van der Waals surface area contributed by atoms with Gasteiger partial charge in [-0.15, -0.1) is 0 Å². The molecule has 8 nitrogen and oxygen atoms in total. The molecule has 0 radical (unpaired) electrons. The van der Waals surface area contributed by atoms with Gasteiger partial charge in [-0.1, -0.05) is 104 Å². The highest BCUT2D eigenvalue weighted by atomic mass is 32.2. The highest BCUT2D eigenvalue weighted by Crippen LogP contribution is 2.33. The molecule has 4 aromatic carbocycles. The number of carbonyl (C=O) groups excluding carboxylic acids is 2. The van der Waals surface area contributed by atoms with E-state index in [1.807, 2.05) is 89.2 Å². The van der Waals surface area contributed by atoms with Crippen molar-refractivity contribution in [1.82, 2.24) is 10.2 Å². The average molecular weight is 656 g/mol. The first-order valence-electron chi connectivity index (χ1n) is 16.0. The number of nitrogens with zero attached hydrogens (tertiary/aromatic N) is 2. The molecule has 4 aromatic rings. The Bertz CT molecular complexity index is 1720. The van der Waals surface area contributed by atoms with Crippen LogP contribution in [0.5, 0.6) is 5.75 Å². The molecule has 0 aliphatic heterocycles. The van der Waals surface area contributed by atoms with Crippen LogP contribution in [0.2, 0.25) is 0 Å². The van der Waals surface area contributed by atoms with E-state index in [1.54, 1.807) is 36.4 Å². The van der Waals surface area contributed by atoms with Gasteiger partial charge in [0, 0.05) is 19.5 Å². The third-order valence-electron chi connectivity index (χ3n) is 7.75. The van der Waals surface area contributed by atoms with Crippen LogP contribution in [0, 0.1) is 19.8 Å². The second-order valence-electron chi connectivity index (χ2n) is 12.1. The van der Waals surface area contributed by atoms with Crippen molar-refractivity contribution >= 4 is 27.5 Å². The Hall–Kier alpha value is -4.63. The van der Waals surface area contributed by atoms with Gasteiger partial charge in [-0.3, -0.25) is 13.9 Å². The summed E-state index contributed by atoms with van der Waals surface area (Å²) in [6, 6.07) is 29.7. The third kappa shape index (κ3) is 9.45. The van der Waals surface area contributed by atoms with Crippen molar-refractivity contribution in [3.8, 4) is 5.75 Å². The van der Waals surface area contributed by atoms with Gasteiger partial charge in [0.2, 0.25) is 11.8 Å². The first kappa shape index (κ1) is 35.2. The van der Waals surface area contributed by atoms with Crippen LogP contribution in [0.25, 0.3) is 0 Å².